The molecule has 1 aromatic heterocycles. The molecule has 2 aromatic rings. The number of rotatable bonds is 5. The van der Waals surface area contributed by atoms with Crippen molar-refractivity contribution < 1.29 is 23.1 Å². The standard InChI is InChI=1S/C15H15ClN2O5S2/c16-10-4-3-9-6-14(24-12(9)7-10)25(22,23)17-11-2-1-5-18(15(11)21)8-13(19)20/h3-4,6-7,11,17H,1-2,5,8H2,(H,19,20)/t11-/m0/s1. The van der Waals surface area contributed by atoms with Crippen LogP contribution in [0.2, 0.25) is 5.02 Å². The zero-order chi connectivity index (χ0) is 18.2. The third-order valence-electron chi connectivity index (χ3n) is 3.88. The normalized spacial score (nSPS) is 18.7. The lowest BCUT2D eigenvalue weighted by Crippen LogP contribution is -2.53. The van der Waals surface area contributed by atoms with Crippen LogP contribution in [0.25, 0.3) is 10.1 Å². The van der Waals surface area contributed by atoms with Gasteiger partial charge in [-0.25, -0.2) is 8.42 Å². The number of sulfonamides is 1. The maximum absolute atomic E-state index is 12.6. The van der Waals surface area contributed by atoms with Gasteiger partial charge in [-0.3, -0.25) is 9.59 Å². The van der Waals surface area contributed by atoms with E-state index in [9.17, 15) is 18.0 Å². The van der Waals surface area contributed by atoms with Gasteiger partial charge in [0.15, 0.2) is 0 Å². The Morgan fingerprint density at radius 1 is 1.40 bits per heavy atom. The highest BCUT2D eigenvalue weighted by molar-refractivity contribution is 7.91. The summed E-state index contributed by atoms with van der Waals surface area (Å²) in [7, 11) is -3.89. The number of fused-ring (bicyclic) bond motifs is 1. The van der Waals surface area contributed by atoms with Crippen LogP contribution in [0.3, 0.4) is 0 Å². The van der Waals surface area contributed by atoms with Gasteiger partial charge in [0.2, 0.25) is 5.91 Å². The number of amides is 1. The smallest absolute Gasteiger partial charge is 0.323 e. The molecule has 1 aromatic carbocycles. The van der Waals surface area contributed by atoms with Gasteiger partial charge < -0.3 is 10.0 Å². The van der Waals surface area contributed by atoms with Crippen LogP contribution in [0.4, 0.5) is 0 Å². The third kappa shape index (κ3) is 3.95. The summed E-state index contributed by atoms with van der Waals surface area (Å²) in [5, 5.41) is 10.1. The summed E-state index contributed by atoms with van der Waals surface area (Å²) in [4.78, 5) is 24.3. The Kier molecular flexibility index (Phi) is 5.01. The number of nitrogens with one attached hydrogen (secondary N) is 1. The summed E-state index contributed by atoms with van der Waals surface area (Å²) >= 11 is 6.98. The van der Waals surface area contributed by atoms with Gasteiger partial charge in [-0.2, -0.15) is 4.72 Å². The molecule has 2 N–H and O–H groups in total. The maximum atomic E-state index is 12.6. The molecule has 10 heteroatoms. The Balaban J connectivity index is 1.82. The van der Waals surface area contributed by atoms with Gasteiger partial charge in [-0.15, -0.1) is 11.3 Å². The van der Waals surface area contributed by atoms with Gasteiger partial charge in [0, 0.05) is 16.3 Å². The van der Waals surface area contributed by atoms with E-state index < -0.39 is 34.5 Å². The first-order chi connectivity index (χ1) is 11.8. The van der Waals surface area contributed by atoms with Gasteiger partial charge in [0.1, 0.15) is 16.8 Å². The Morgan fingerprint density at radius 3 is 2.88 bits per heavy atom. The zero-order valence-corrected chi connectivity index (χ0v) is 15.3. The van der Waals surface area contributed by atoms with Crippen molar-refractivity contribution in [2.75, 3.05) is 13.1 Å². The lowest BCUT2D eigenvalue weighted by atomic mass is 10.1. The van der Waals surface area contributed by atoms with E-state index in [0.717, 1.165) is 26.3 Å². The molecule has 25 heavy (non-hydrogen) atoms. The molecule has 1 aliphatic rings. The van der Waals surface area contributed by atoms with Crippen molar-refractivity contribution in [1.82, 2.24) is 9.62 Å². The lowest BCUT2D eigenvalue weighted by molar-refractivity contribution is -0.146. The Bertz CT molecular complexity index is 941. The minimum atomic E-state index is -3.89. The van der Waals surface area contributed by atoms with Crippen molar-refractivity contribution in [3.63, 3.8) is 0 Å². The van der Waals surface area contributed by atoms with Crippen LogP contribution in [-0.4, -0.2) is 49.4 Å². The second kappa shape index (κ2) is 6.91. The van der Waals surface area contributed by atoms with Gasteiger partial charge in [0.05, 0.1) is 0 Å². The first-order valence-electron chi connectivity index (χ1n) is 7.48. The number of nitrogens with zero attached hydrogens (tertiary/aromatic N) is 1. The summed E-state index contributed by atoms with van der Waals surface area (Å²) in [6.07, 6.45) is 0.874. The first kappa shape index (κ1) is 18.1. The number of hydrogen-bond acceptors (Lipinski definition) is 5. The quantitative estimate of drug-likeness (QED) is 0.795. The molecule has 1 atom stereocenters. The Morgan fingerprint density at radius 2 is 2.16 bits per heavy atom. The number of carboxylic acid groups (broad SMARTS) is 1. The van der Waals surface area contributed by atoms with Crippen LogP contribution in [-0.2, 0) is 19.6 Å². The number of piperidine rings is 1. The van der Waals surface area contributed by atoms with E-state index in [2.05, 4.69) is 4.72 Å². The van der Waals surface area contributed by atoms with Crippen molar-refractivity contribution in [3.8, 4) is 0 Å². The predicted octanol–water partition coefficient (Wildman–Crippen LogP) is 1.91. The van der Waals surface area contributed by atoms with Crippen molar-refractivity contribution in [2.24, 2.45) is 0 Å². The Hall–Kier alpha value is -1.68. The number of thiophene rings is 1. The van der Waals surface area contributed by atoms with Gasteiger partial charge in [-0.1, -0.05) is 17.7 Å². The highest BCUT2D eigenvalue weighted by Crippen LogP contribution is 2.31. The molecule has 0 aliphatic carbocycles. The molecule has 134 valence electrons. The molecule has 1 fully saturated rings. The summed E-state index contributed by atoms with van der Waals surface area (Å²) in [5.74, 6) is -1.64. The summed E-state index contributed by atoms with van der Waals surface area (Å²) < 4.78 is 28.4. The number of hydrogen-bond donors (Lipinski definition) is 2. The Labute approximate surface area is 153 Å². The SMILES string of the molecule is O=C(O)CN1CCC[C@H](NS(=O)(=O)c2cc3ccc(Cl)cc3s2)C1=O. The van der Waals surface area contributed by atoms with Crippen molar-refractivity contribution in [3.05, 3.63) is 29.3 Å². The summed E-state index contributed by atoms with van der Waals surface area (Å²) in [6, 6.07) is 5.66. The average Bonchev–Trinajstić information content (AvgIpc) is 2.94. The minimum Gasteiger partial charge on any atom is -0.480 e. The molecule has 0 radical (unpaired) electrons. The number of carbonyl (C=O) groups excluding carboxylic acids is 1. The number of halogens is 1. The first-order valence-corrected chi connectivity index (χ1v) is 10.2. The fourth-order valence-corrected chi connectivity index (χ4v) is 5.64. The number of carboxylic acids is 1. The van der Waals surface area contributed by atoms with E-state index in [1.165, 1.54) is 6.07 Å². The van der Waals surface area contributed by atoms with Crippen molar-refractivity contribution in [2.45, 2.75) is 23.1 Å². The predicted molar refractivity (Wildman–Crippen MR) is 94.4 cm³/mol. The van der Waals surface area contributed by atoms with Crippen LogP contribution < -0.4 is 4.72 Å². The van der Waals surface area contributed by atoms with Gasteiger partial charge in [-0.05, 0) is 36.4 Å². The summed E-state index contributed by atoms with van der Waals surface area (Å²) in [6.45, 7) is -0.122. The van der Waals surface area contributed by atoms with E-state index in [1.807, 2.05) is 0 Å². The molecular weight excluding hydrogens is 388 g/mol. The third-order valence-corrected chi connectivity index (χ3v) is 7.16. The van der Waals surface area contributed by atoms with Crippen LogP contribution in [0.15, 0.2) is 28.5 Å². The molecule has 0 spiro atoms. The van der Waals surface area contributed by atoms with Crippen LogP contribution >= 0.6 is 22.9 Å². The van der Waals surface area contributed by atoms with Crippen LogP contribution in [0, 0.1) is 0 Å². The molecule has 0 unspecified atom stereocenters. The van der Waals surface area contributed by atoms with E-state index >= 15 is 0 Å². The topological polar surface area (TPSA) is 104 Å². The largest absolute Gasteiger partial charge is 0.480 e. The molecule has 1 saturated heterocycles. The molecule has 1 aliphatic heterocycles. The summed E-state index contributed by atoms with van der Waals surface area (Å²) in [5.41, 5.74) is 0. The second-order valence-electron chi connectivity index (χ2n) is 5.72. The van der Waals surface area contributed by atoms with Crippen LogP contribution in [0.5, 0.6) is 0 Å². The molecule has 0 saturated carbocycles. The van der Waals surface area contributed by atoms with Crippen LogP contribution in [0.1, 0.15) is 12.8 Å². The highest BCUT2D eigenvalue weighted by Gasteiger charge is 2.33. The van der Waals surface area contributed by atoms with E-state index in [0.29, 0.717) is 24.4 Å². The molecule has 2 heterocycles. The highest BCUT2D eigenvalue weighted by atomic mass is 35.5. The number of benzene rings is 1. The van der Waals surface area contributed by atoms with Crippen molar-refractivity contribution >= 4 is 54.9 Å². The van der Waals surface area contributed by atoms with E-state index in [-0.39, 0.29) is 4.21 Å². The fraction of sp³-hybridized carbons (Fsp3) is 0.333. The molecule has 3 rings (SSSR count). The number of aliphatic carboxylic acids is 1. The monoisotopic (exact) mass is 402 g/mol. The second-order valence-corrected chi connectivity index (χ2v) is 9.18. The average molecular weight is 403 g/mol. The van der Waals surface area contributed by atoms with Gasteiger partial charge >= 0.3 is 5.97 Å². The number of likely N-dealkylation sites (tertiary alicyclic amines) is 1. The van der Waals surface area contributed by atoms with Gasteiger partial charge in [0.25, 0.3) is 10.0 Å². The van der Waals surface area contributed by atoms with E-state index in [1.54, 1.807) is 18.2 Å². The fourth-order valence-electron chi connectivity index (χ4n) is 2.73. The van der Waals surface area contributed by atoms with Crippen molar-refractivity contribution in [1.29, 1.82) is 0 Å². The molecular formula is C15H15ClN2O5S2. The van der Waals surface area contributed by atoms with E-state index in [4.69, 9.17) is 16.7 Å². The molecule has 1 amide bonds. The maximum Gasteiger partial charge on any atom is 0.323 e. The minimum absolute atomic E-state index is 0.0907. The zero-order valence-electron chi connectivity index (χ0n) is 12.9. The lowest BCUT2D eigenvalue weighted by Gasteiger charge is -2.31. The molecule has 0 bridgehead atoms. The number of carbonyl (C=O) groups is 2. The molecule has 7 nitrogen and oxygen atoms in total.